The number of morpholine rings is 2. The van der Waals surface area contributed by atoms with E-state index in [0.717, 1.165) is 149 Å². The van der Waals surface area contributed by atoms with E-state index in [1.165, 1.54) is 49.9 Å². The van der Waals surface area contributed by atoms with Crippen LogP contribution in [-0.2, 0) is 25.6 Å². The Kier molecular flexibility index (Phi) is 17.1. The highest BCUT2D eigenvalue weighted by molar-refractivity contribution is 5.91. The maximum Gasteiger partial charge on any atom is 0.344 e. The molecule has 4 aromatic rings. The second-order valence-corrected chi connectivity index (χ2v) is 19.3. The molecule has 8 heterocycles. The summed E-state index contributed by atoms with van der Waals surface area (Å²) < 4.78 is 13.4. The van der Waals surface area contributed by atoms with Crippen LogP contribution in [0.25, 0.3) is 0 Å². The van der Waals surface area contributed by atoms with Crippen LogP contribution in [0.5, 0.6) is 0 Å². The molecule has 19 heteroatoms. The molecule has 6 aliphatic rings. The molecule has 6 aliphatic heterocycles. The fourth-order valence-electron chi connectivity index (χ4n) is 9.82. The van der Waals surface area contributed by atoms with Gasteiger partial charge in [0, 0.05) is 130 Å². The van der Waals surface area contributed by atoms with Gasteiger partial charge in [-0.05, 0) is 78.5 Å². The van der Waals surface area contributed by atoms with Gasteiger partial charge >= 0.3 is 12.1 Å². The molecule has 378 valence electrons. The summed E-state index contributed by atoms with van der Waals surface area (Å²) in [5.74, 6) is -0.172. The monoisotopic (exact) mass is 965 g/mol. The highest BCUT2D eigenvalue weighted by Gasteiger charge is 2.45. The highest BCUT2D eigenvalue weighted by atomic mass is 16.5. The van der Waals surface area contributed by atoms with Crippen molar-refractivity contribution >= 4 is 52.9 Å². The van der Waals surface area contributed by atoms with Crippen LogP contribution in [0, 0.1) is 10.8 Å². The molecule has 6 saturated heterocycles. The third-order valence-electron chi connectivity index (χ3n) is 14.7. The van der Waals surface area contributed by atoms with Gasteiger partial charge in [-0.2, -0.15) is 19.6 Å². The number of benzene rings is 2. The van der Waals surface area contributed by atoms with Gasteiger partial charge in [-0.25, -0.2) is 9.59 Å². The van der Waals surface area contributed by atoms with Gasteiger partial charge in [0.1, 0.15) is 6.29 Å². The second kappa shape index (κ2) is 23.2. The summed E-state index contributed by atoms with van der Waals surface area (Å²) in [7, 11) is 3.35. The van der Waals surface area contributed by atoms with E-state index < -0.39 is 0 Å². The second-order valence-electron chi connectivity index (χ2n) is 19.3. The van der Waals surface area contributed by atoms with Crippen LogP contribution < -0.4 is 24.9 Å². The standard InChI is InChI=1S/C25H34N6O3.C14H21N5O2.C11H13NO2.CH4/c1-20(32)27(2)23-15-26-31(17-23)24(33)30-9-7-25(8-10-30)18-28(19-25)16-21-3-5-22(6-4-21)29-11-13-34-14-12-29;1-11(20)17(2)12-7-16-19(8-12)13(21)18-5-3-14(4-6-18)9-15-10-14;13-9-10-1-3-11(4-2-10)12-5-7-14-8-6-12;/h3-6,15,17H,7-14,16,18-19H2,1-2H3;7-8,15H,3-6,9-10H2,1-2H3;1-4,9H,5-8H2;1H4. The SMILES string of the molecule is C.CC(=O)N(C)c1cnn(C(=O)N2CCC3(CC2)CN(Cc2ccc(N4CCOCC4)cc2)C3)c1.CC(=O)N(C)c1cnn(C(=O)N2CCC3(CC2)CNC3)c1.O=Cc1ccc(N2CCOCC2)cc1. The topological polar surface area (TPSA) is 174 Å². The van der Waals surface area contributed by atoms with E-state index in [1.54, 1.807) is 38.9 Å². The van der Waals surface area contributed by atoms with Gasteiger partial charge < -0.3 is 44.2 Å². The largest absolute Gasteiger partial charge is 0.378 e. The van der Waals surface area contributed by atoms with Crippen molar-refractivity contribution in [3.05, 3.63) is 84.4 Å². The van der Waals surface area contributed by atoms with Crippen LogP contribution in [0.3, 0.4) is 0 Å². The summed E-state index contributed by atoms with van der Waals surface area (Å²) in [6.07, 6.45) is 11.3. The third-order valence-corrected chi connectivity index (χ3v) is 14.7. The Labute approximate surface area is 412 Å². The number of nitrogens with zero attached hydrogens (tertiary/aromatic N) is 11. The molecule has 2 spiro atoms. The van der Waals surface area contributed by atoms with E-state index in [2.05, 4.69) is 54.5 Å². The van der Waals surface area contributed by atoms with E-state index in [0.29, 0.717) is 22.2 Å². The molecule has 0 atom stereocenters. The molecule has 0 aliphatic carbocycles. The van der Waals surface area contributed by atoms with Crippen LogP contribution in [0.4, 0.5) is 32.3 Å². The summed E-state index contributed by atoms with van der Waals surface area (Å²) in [5, 5.41) is 11.6. The first-order valence-corrected chi connectivity index (χ1v) is 24.2. The fraction of sp³-hybridized carbons (Fsp3) is 0.549. The summed E-state index contributed by atoms with van der Waals surface area (Å²) in [6, 6.07) is 16.4. The molecule has 0 bridgehead atoms. The Morgan fingerprint density at radius 3 is 1.43 bits per heavy atom. The third kappa shape index (κ3) is 12.4. The first kappa shape index (κ1) is 51.7. The molecule has 0 saturated carbocycles. The number of nitrogens with one attached hydrogen (secondary N) is 1. The molecule has 0 radical (unpaired) electrons. The van der Waals surface area contributed by atoms with E-state index in [1.807, 2.05) is 34.1 Å². The Bertz CT molecular complexity index is 2360. The van der Waals surface area contributed by atoms with Gasteiger partial charge in [0.2, 0.25) is 11.8 Å². The summed E-state index contributed by atoms with van der Waals surface area (Å²) >= 11 is 0. The van der Waals surface area contributed by atoms with Gasteiger partial charge in [-0.1, -0.05) is 19.6 Å². The Balaban J connectivity index is 0.000000170. The number of hydrogen-bond acceptors (Lipinski definition) is 13. The average Bonchev–Trinajstić information content (AvgIpc) is 4.08. The molecule has 6 fully saturated rings. The van der Waals surface area contributed by atoms with Crippen molar-refractivity contribution in [1.29, 1.82) is 0 Å². The number of aromatic nitrogens is 4. The van der Waals surface area contributed by atoms with Crippen LogP contribution in [0.15, 0.2) is 73.3 Å². The number of aldehydes is 1. The molecule has 0 unspecified atom stereocenters. The summed E-state index contributed by atoms with van der Waals surface area (Å²) in [4.78, 5) is 72.5. The van der Waals surface area contributed by atoms with E-state index in [4.69, 9.17) is 9.47 Å². The van der Waals surface area contributed by atoms with Crippen LogP contribution in [0.1, 0.15) is 62.9 Å². The molecule has 10 rings (SSSR count). The Morgan fingerprint density at radius 1 is 0.629 bits per heavy atom. The molecule has 2 aromatic heterocycles. The minimum Gasteiger partial charge on any atom is -0.378 e. The fourth-order valence-corrected chi connectivity index (χ4v) is 9.82. The van der Waals surface area contributed by atoms with Crippen molar-refractivity contribution in [2.45, 2.75) is 53.5 Å². The zero-order valence-electron chi connectivity index (χ0n) is 40.6. The smallest absolute Gasteiger partial charge is 0.344 e. The number of carbonyl (C=O) groups excluding carboxylic acids is 5. The number of piperidine rings is 2. The number of amides is 4. The minimum absolute atomic E-state index is 0. The van der Waals surface area contributed by atoms with Crippen molar-refractivity contribution in [3.63, 3.8) is 0 Å². The number of carbonyl (C=O) groups is 5. The molecule has 4 amide bonds. The first-order chi connectivity index (χ1) is 33.3. The first-order valence-electron chi connectivity index (χ1n) is 24.2. The number of anilines is 4. The highest BCUT2D eigenvalue weighted by Crippen LogP contribution is 2.41. The van der Waals surface area contributed by atoms with Crippen LogP contribution in [-0.4, -0.2) is 183 Å². The van der Waals surface area contributed by atoms with Gasteiger partial charge in [0.25, 0.3) is 0 Å². The van der Waals surface area contributed by atoms with Gasteiger partial charge in [0.15, 0.2) is 0 Å². The lowest BCUT2D eigenvalue weighted by molar-refractivity contribution is -0.117. The molecule has 19 nitrogen and oxygen atoms in total. The van der Waals surface area contributed by atoms with E-state index in [-0.39, 0.29) is 31.3 Å². The van der Waals surface area contributed by atoms with Gasteiger partial charge in [-0.15, -0.1) is 0 Å². The summed E-state index contributed by atoms with van der Waals surface area (Å²) in [6.45, 7) is 18.3. The van der Waals surface area contributed by atoms with Crippen molar-refractivity contribution < 1.29 is 33.4 Å². The summed E-state index contributed by atoms with van der Waals surface area (Å²) in [5.41, 5.74) is 6.52. The molecule has 2 aromatic carbocycles. The van der Waals surface area contributed by atoms with Crippen LogP contribution in [0.2, 0.25) is 0 Å². The van der Waals surface area contributed by atoms with E-state index in [9.17, 15) is 24.0 Å². The number of rotatable bonds is 7. The van der Waals surface area contributed by atoms with Gasteiger partial charge in [0.05, 0.1) is 62.6 Å². The molecular formula is C51H72N12O7. The molecular weight excluding hydrogens is 893 g/mol. The zero-order valence-corrected chi connectivity index (χ0v) is 40.6. The predicted molar refractivity (Wildman–Crippen MR) is 270 cm³/mol. The van der Waals surface area contributed by atoms with Crippen molar-refractivity contribution in [1.82, 2.24) is 39.6 Å². The van der Waals surface area contributed by atoms with Crippen molar-refractivity contribution in [3.8, 4) is 0 Å². The predicted octanol–water partition coefficient (Wildman–Crippen LogP) is 4.76. The van der Waals surface area contributed by atoms with Crippen LogP contribution >= 0.6 is 0 Å². The lowest BCUT2D eigenvalue weighted by atomic mass is 9.72. The average molecular weight is 965 g/mol. The van der Waals surface area contributed by atoms with E-state index >= 15 is 0 Å². The minimum atomic E-state index is -0.116. The molecule has 70 heavy (non-hydrogen) atoms. The molecule has 1 N–H and O–H groups in total. The van der Waals surface area contributed by atoms with Gasteiger partial charge in [-0.3, -0.25) is 19.3 Å². The number of ether oxygens (including phenoxy) is 2. The normalized spacial score (nSPS) is 19.3. The lowest BCUT2D eigenvalue weighted by Gasteiger charge is -2.54. The van der Waals surface area contributed by atoms with Crippen molar-refractivity contribution in [2.75, 3.05) is 139 Å². The van der Waals surface area contributed by atoms with Crippen molar-refractivity contribution in [2.24, 2.45) is 10.8 Å². The maximum atomic E-state index is 12.9. The lowest BCUT2D eigenvalue weighted by Crippen LogP contribution is -2.60. The zero-order chi connectivity index (χ0) is 48.5. The number of likely N-dealkylation sites (tertiary alicyclic amines) is 3. The Hall–Kier alpha value is -6.15. The maximum absolute atomic E-state index is 12.9. The Morgan fingerprint density at radius 2 is 1.04 bits per heavy atom. The number of hydrogen-bond donors (Lipinski definition) is 1. The quantitative estimate of drug-likeness (QED) is 0.252.